The molecule has 4 heterocycles. The van der Waals surface area contributed by atoms with Crippen molar-refractivity contribution in [2.24, 2.45) is 7.05 Å². The lowest BCUT2D eigenvalue weighted by atomic mass is 9.97. The molecule has 0 radical (unpaired) electrons. The van der Waals surface area contributed by atoms with E-state index in [1.165, 1.54) is 34.8 Å². The summed E-state index contributed by atoms with van der Waals surface area (Å²) in [6.07, 6.45) is 2.44. The number of anilines is 1. The first-order valence-electron chi connectivity index (χ1n) is 10.6. The first-order valence-corrected chi connectivity index (χ1v) is 11.4. The van der Waals surface area contributed by atoms with Crippen molar-refractivity contribution in [1.82, 2.24) is 19.4 Å². The SMILES string of the molecule is Cc1nc(N2CCOCC2)sc1CN1CCC[C@@H](c2nc3ccccc3n2C)C1. The van der Waals surface area contributed by atoms with Crippen LogP contribution in [-0.2, 0) is 18.3 Å². The summed E-state index contributed by atoms with van der Waals surface area (Å²) in [7, 11) is 2.16. The van der Waals surface area contributed by atoms with E-state index in [0.29, 0.717) is 5.92 Å². The van der Waals surface area contributed by atoms with Crippen LogP contribution in [-0.4, -0.2) is 58.8 Å². The van der Waals surface area contributed by atoms with E-state index in [4.69, 9.17) is 14.7 Å². The third kappa shape index (κ3) is 3.79. The zero-order chi connectivity index (χ0) is 19.8. The fraction of sp³-hybridized carbons (Fsp3) is 0.545. The van der Waals surface area contributed by atoms with E-state index in [1.807, 2.05) is 11.3 Å². The quantitative estimate of drug-likeness (QED) is 0.657. The van der Waals surface area contributed by atoms with Crippen LogP contribution in [0.15, 0.2) is 24.3 Å². The number of benzene rings is 1. The van der Waals surface area contributed by atoms with E-state index < -0.39 is 0 Å². The Morgan fingerprint density at radius 2 is 1.97 bits per heavy atom. The molecule has 0 unspecified atom stereocenters. The van der Waals surface area contributed by atoms with Crippen LogP contribution in [0.1, 0.15) is 35.2 Å². The maximum Gasteiger partial charge on any atom is 0.185 e. The van der Waals surface area contributed by atoms with Gasteiger partial charge in [0.15, 0.2) is 5.13 Å². The van der Waals surface area contributed by atoms with E-state index in [1.54, 1.807) is 0 Å². The van der Waals surface area contributed by atoms with Crippen LogP contribution in [0.3, 0.4) is 0 Å². The second-order valence-corrected chi connectivity index (χ2v) is 9.26. The zero-order valence-electron chi connectivity index (χ0n) is 17.3. The van der Waals surface area contributed by atoms with Gasteiger partial charge >= 0.3 is 0 Å². The number of thiazole rings is 1. The molecular formula is C22H29N5OS. The van der Waals surface area contributed by atoms with Crippen molar-refractivity contribution in [3.63, 3.8) is 0 Å². The lowest BCUT2D eigenvalue weighted by Crippen LogP contribution is -2.36. The van der Waals surface area contributed by atoms with E-state index in [0.717, 1.165) is 56.6 Å². The molecule has 7 heteroatoms. The maximum atomic E-state index is 5.48. The van der Waals surface area contributed by atoms with E-state index in [2.05, 4.69) is 52.6 Å². The minimum atomic E-state index is 0.494. The molecule has 1 aromatic carbocycles. The van der Waals surface area contributed by atoms with Crippen LogP contribution in [0.5, 0.6) is 0 Å². The lowest BCUT2D eigenvalue weighted by Gasteiger charge is -2.32. The van der Waals surface area contributed by atoms with Crippen LogP contribution < -0.4 is 4.90 Å². The fourth-order valence-corrected chi connectivity index (χ4v) is 5.75. The standard InChI is InChI=1S/C22H29N5OS/c1-16-20(29-22(23-16)27-10-12-28-13-11-27)15-26-9-5-6-17(14-26)21-24-18-7-3-4-8-19(18)25(21)2/h3-4,7-8,17H,5-6,9-15H2,1-2H3/t17-/m1/s1. The van der Waals surface area contributed by atoms with Gasteiger partial charge in [-0.1, -0.05) is 12.1 Å². The largest absolute Gasteiger partial charge is 0.378 e. The van der Waals surface area contributed by atoms with Crippen molar-refractivity contribution < 1.29 is 4.74 Å². The second kappa shape index (κ2) is 8.05. The Morgan fingerprint density at radius 3 is 2.79 bits per heavy atom. The van der Waals surface area contributed by atoms with Crippen LogP contribution >= 0.6 is 11.3 Å². The van der Waals surface area contributed by atoms with Gasteiger partial charge in [0.1, 0.15) is 5.82 Å². The van der Waals surface area contributed by atoms with Gasteiger partial charge in [-0.25, -0.2) is 9.97 Å². The molecule has 2 aliphatic heterocycles. The number of nitrogens with zero attached hydrogens (tertiary/aromatic N) is 5. The van der Waals surface area contributed by atoms with Crippen LogP contribution in [0.25, 0.3) is 11.0 Å². The molecule has 0 aliphatic carbocycles. The van der Waals surface area contributed by atoms with Gasteiger partial charge in [0.2, 0.25) is 0 Å². The number of fused-ring (bicyclic) bond motifs is 1. The third-order valence-corrected chi connectivity index (χ3v) is 7.43. The Kier molecular flexibility index (Phi) is 5.28. The Hall–Kier alpha value is -1.96. The van der Waals surface area contributed by atoms with Crippen molar-refractivity contribution in [1.29, 1.82) is 0 Å². The number of imidazole rings is 1. The van der Waals surface area contributed by atoms with Crippen molar-refractivity contribution in [3.8, 4) is 0 Å². The zero-order valence-corrected chi connectivity index (χ0v) is 18.1. The van der Waals surface area contributed by atoms with Crippen molar-refractivity contribution >= 4 is 27.5 Å². The molecule has 5 rings (SSSR count). The predicted molar refractivity (Wildman–Crippen MR) is 118 cm³/mol. The number of rotatable bonds is 4. The van der Waals surface area contributed by atoms with Crippen LogP contribution in [0, 0.1) is 6.92 Å². The van der Waals surface area contributed by atoms with Gasteiger partial charge in [0.05, 0.1) is 29.9 Å². The topological polar surface area (TPSA) is 46.4 Å². The maximum absolute atomic E-state index is 5.48. The highest BCUT2D eigenvalue weighted by atomic mass is 32.1. The number of ether oxygens (including phenoxy) is 1. The van der Waals surface area contributed by atoms with E-state index >= 15 is 0 Å². The summed E-state index contributed by atoms with van der Waals surface area (Å²) in [6.45, 7) is 8.89. The fourth-order valence-electron chi connectivity index (χ4n) is 4.59. The number of aromatic nitrogens is 3. The van der Waals surface area contributed by atoms with Crippen LogP contribution in [0.4, 0.5) is 5.13 Å². The minimum absolute atomic E-state index is 0.494. The number of hydrogen-bond donors (Lipinski definition) is 0. The molecule has 154 valence electrons. The van der Waals surface area contributed by atoms with Crippen molar-refractivity contribution in [2.75, 3.05) is 44.3 Å². The first-order chi connectivity index (χ1) is 14.2. The van der Waals surface area contributed by atoms with E-state index in [-0.39, 0.29) is 0 Å². The van der Waals surface area contributed by atoms with Gasteiger partial charge in [-0.05, 0) is 38.4 Å². The average Bonchev–Trinajstić information content (AvgIpc) is 3.29. The highest BCUT2D eigenvalue weighted by Crippen LogP contribution is 2.32. The molecule has 2 fully saturated rings. The summed E-state index contributed by atoms with van der Waals surface area (Å²) in [5, 5.41) is 1.16. The molecule has 6 nitrogen and oxygen atoms in total. The number of piperidine rings is 1. The Bertz CT molecular complexity index is 990. The normalized spacial score (nSPS) is 21.2. The molecule has 2 saturated heterocycles. The summed E-state index contributed by atoms with van der Waals surface area (Å²) in [5.41, 5.74) is 3.52. The van der Waals surface area contributed by atoms with Crippen molar-refractivity contribution in [2.45, 2.75) is 32.2 Å². The molecule has 3 aromatic rings. The average molecular weight is 412 g/mol. The molecule has 2 aliphatic rings. The molecule has 1 atom stereocenters. The molecule has 0 N–H and O–H groups in total. The van der Waals surface area contributed by atoms with Gasteiger partial charge in [-0.3, -0.25) is 4.90 Å². The monoisotopic (exact) mass is 411 g/mol. The smallest absolute Gasteiger partial charge is 0.185 e. The van der Waals surface area contributed by atoms with Gasteiger partial charge in [0.25, 0.3) is 0 Å². The number of hydrogen-bond acceptors (Lipinski definition) is 6. The summed E-state index contributed by atoms with van der Waals surface area (Å²) in [6, 6.07) is 8.46. The lowest BCUT2D eigenvalue weighted by molar-refractivity contribution is 0.122. The molecule has 0 bridgehead atoms. The second-order valence-electron chi connectivity index (χ2n) is 8.20. The molecule has 0 spiro atoms. The Morgan fingerprint density at radius 1 is 1.14 bits per heavy atom. The molecule has 0 amide bonds. The number of likely N-dealkylation sites (tertiary alicyclic amines) is 1. The van der Waals surface area contributed by atoms with Crippen LogP contribution in [0.2, 0.25) is 0 Å². The highest BCUT2D eigenvalue weighted by molar-refractivity contribution is 7.15. The van der Waals surface area contributed by atoms with Gasteiger partial charge in [-0.2, -0.15) is 0 Å². The number of para-hydroxylation sites is 2. The van der Waals surface area contributed by atoms with Gasteiger partial charge in [-0.15, -0.1) is 11.3 Å². The summed E-state index contributed by atoms with van der Waals surface area (Å²) in [5.74, 6) is 1.72. The molecule has 2 aromatic heterocycles. The predicted octanol–water partition coefficient (Wildman–Crippen LogP) is 3.55. The number of aryl methyl sites for hydroxylation is 2. The minimum Gasteiger partial charge on any atom is -0.378 e. The Labute approximate surface area is 176 Å². The van der Waals surface area contributed by atoms with Gasteiger partial charge in [0, 0.05) is 44.0 Å². The van der Waals surface area contributed by atoms with Gasteiger partial charge < -0.3 is 14.2 Å². The summed E-state index contributed by atoms with van der Waals surface area (Å²) < 4.78 is 7.77. The molecule has 0 saturated carbocycles. The molecular weight excluding hydrogens is 382 g/mol. The first kappa shape index (κ1) is 19.0. The van der Waals surface area contributed by atoms with E-state index in [9.17, 15) is 0 Å². The van der Waals surface area contributed by atoms with Crippen molar-refractivity contribution in [3.05, 3.63) is 40.7 Å². The number of morpholine rings is 1. The summed E-state index contributed by atoms with van der Waals surface area (Å²) in [4.78, 5) is 16.2. The highest BCUT2D eigenvalue weighted by Gasteiger charge is 2.26. The Balaban J connectivity index is 1.31. The molecule has 29 heavy (non-hydrogen) atoms. The summed E-state index contributed by atoms with van der Waals surface area (Å²) >= 11 is 1.86. The third-order valence-electron chi connectivity index (χ3n) is 6.22.